The lowest BCUT2D eigenvalue weighted by Gasteiger charge is -2.37. The van der Waals surface area contributed by atoms with E-state index in [2.05, 4.69) is 66.1 Å². The van der Waals surface area contributed by atoms with Gasteiger partial charge in [-0.1, -0.05) is 34.1 Å². The molecule has 162 valence electrons. The van der Waals surface area contributed by atoms with Gasteiger partial charge in [0.2, 0.25) is 0 Å². The van der Waals surface area contributed by atoms with Gasteiger partial charge >= 0.3 is 0 Å². The summed E-state index contributed by atoms with van der Waals surface area (Å²) >= 11 is 0. The second-order valence-corrected chi connectivity index (χ2v) is 8.69. The molecular formula is C21H41IN6. The van der Waals surface area contributed by atoms with Crippen molar-refractivity contribution in [3.05, 3.63) is 17.5 Å². The van der Waals surface area contributed by atoms with Crippen molar-refractivity contribution in [3.8, 4) is 0 Å². The highest BCUT2D eigenvalue weighted by Gasteiger charge is 2.23. The number of hydrogen-bond donors (Lipinski definition) is 1. The third kappa shape index (κ3) is 7.21. The lowest BCUT2D eigenvalue weighted by Crippen LogP contribution is -2.50. The molecule has 1 N–H and O–H groups in total. The van der Waals surface area contributed by atoms with E-state index in [9.17, 15) is 0 Å². The monoisotopic (exact) mass is 504 g/mol. The summed E-state index contributed by atoms with van der Waals surface area (Å²) < 4.78 is 1.92. The van der Waals surface area contributed by atoms with Crippen LogP contribution in [0.2, 0.25) is 0 Å². The standard InChI is InChI=1S/C21H40N6.HI/c1-16(2)13-27-11-9-8-10-19(27)12-23-21(22-5)25(6)14-18-15-26(7)24-20(18)17(3)4;/h15-17,19H,8-14H2,1-7H3,(H,22,23);1H. The molecular weight excluding hydrogens is 463 g/mol. The molecule has 0 spiro atoms. The van der Waals surface area contributed by atoms with Crippen molar-refractivity contribution in [1.29, 1.82) is 0 Å². The van der Waals surface area contributed by atoms with Crippen molar-refractivity contribution in [2.45, 2.75) is 65.5 Å². The van der Waals surface area contributed by atoms with Crippen LogP contribution in [0.15, 0.2) is 11.2 Å². The van der Waals surface area contributed by atoms with Gasteiger partial charge in [-0.15, -0.1) is 24.0 Å². The van der Waals surface area contributed by atoms with Gasteiger partial charge < -0.3 is 10.2 Å². The highest BCUT2D eigenvalue weighted by Crippen LogP contribution is 2.19. The van der Waals surface area contributed by atoms with E-state index in [4.69, 9.17) is 0 Å². The molecule has 7 heteroatoms. The Morgan fingerprint density at radius 1 is 1.32 bits per heavy atom. The number of aromatic nitrogens is 2. The molecule has 1 saturated heterocycles. The molecule has 1 aliphatic rings. The van der Waals surface area contributed by atoms with Crippen LogP contribution in [0.3, 0.4) is 0 Å². The molecule has 1 aromatic heterocycles. The molecule has 28 heavy (non-hydrogen) atoms. The minimum absolute atomic E-state index is 0. The van der Waals surface area contributed by atoms with Gasteiger partial charge in [-0.2, -0.15) is 5.10 Å². The first-order valence-corrected chi connectivity index (χ1v) is 10.5. The summed E-state index contributed by atoms with van der Waals surface area (Å²) in [5.74, 6) is 2.10. The molecule has 1 aromatic rings. The van der Waals surface area contributed by atoms with Gasteiger partial charge in [0, 0.05) is 58.6 Å². The van der Waals surface area contributed by atoms with Crippen molar-refractivity contribution in [1.82, 2.24) is 24.9 Å². The maximum absolute atomic E-state index is 4.63. The van der Waals surface area contributed by atoms with Crippen molar-refractivity contribution >= 4 is 29.9 Å². The smallest absolute Gasteiger partial charge is 0.193 e. The lowest BCUT2D eigenvalue weighted by molar-refractivity contribution is 0.133. The van der Waals surface area contributed by atoms with Crippen LogP contribution < -0.4 is 5.32 Å². The van der Waals surface area contributed by atoms with Crippen LogP contribution in [0.1, 0.15) is 64.1 Å². The van der Waals surface area contributed by atoms with E-state index >= 15 is 0 Å². The Labute approximate surface area is 189 Å². The minimum atomic E-state index is 0. The molecule has 0 aliphatic carbocycles. The summed E-state index contributed by atoms with van der Waals surface area (Å²) in [4.78, 5) is 9.39. The number of aryl methyl sites for hydroxylation is 1. The molecule has 0 amide bonds. The first-order chi connectivity index (χ1) is 12.8. The van der Waals surface area contributed by atoms with Gasteiger partial charge in [-0.3, -0.25) is 14.6 Å². The summed E-state index contributed by atoms with van der Waals surface area (Å²) in [7, 11) is 5.98. The third-order valence-electron chi connectivity index (χ3n) is 5.31. The molecule has 2 rings (SSSR count). The zero-order valence-electron chi connectivity index (χ0n) is 18.9. The van der Waals surface area contributed by atoms with E-state index in [-0.39, 0.29) is 24.0 Å². The van der Waals surface area contributed by atoms with Crippen LogP contribution >= 0.6 is 24.0 Å². The van der Waals surface area contributed by atoms with E-state index < -0.39 is 0 Å². The van der Waals surface area contributed by atoms with Gasteiger partial charge in [0.05, 0.1) is 5.69 Å². The summed E-state index contributed by atoms with van der Waals surface area (Å²) in [6.07, 6.45) is 6.07. The number of guanidine groups is 1. The molecule has 1 atom stereocenters. The van der Waals surface area contributed by atoms with Crippen LogP contribution in [0.25, 0.3) is 0 Å². The molecule has 2 heterocycles. The SMILES string of the molecule is CN=C(NCC1CCCCN1CC(C)C)N(C)Cc1cn(C)nc1C(C)C.I. The highest BCUT2D eigenvalue weighted by atomic mass is 127. The number of halogens is 1. The van der Waals surface area contributed by atoms with Gasteiger partial charge in [0.15, 0.2) is 5.96 Å². The summed E-state index contributed by atoms with van der Waals surface area (Å²) in [6, 6.07) is 0.607. The fourth-order valence-corrected chi connectivity index (χ4v) is 4.09. The van der Waals surface area contributed by atoms with Gasteiger partial charge in [-0.05, 0) is 31.2 Å². The van der Waals surface area contributed by atoms with E-state index in [0.29, 0.717) is 17.9 Å². The Kier molecular flexibility index (Phi) is 10.8. The third-order valence-corrected chi connectivity index (χ3v) is 5.31. The zero-order valence-corrected chi connectivity index (χ0v) is 21.2. The van der Waals surface area contributed by atoms with Crippen molar-refractivity contribution < 1.29 is 0 Å². The molecule has 1 unspecified atom stereocenters. The summed E-state index contributed by atoms with van der Waals surface area (Å²) in [5.41, 5.74) is 2.45. The molecule has 1 aliphatic heterocycles. The van der Waals surface area contributed by atoms with Crippen molar-refractivity contribution in [3.63, 3.8) is 0 Å². The van der Waals surface area contributed by atoms with Gasteiger partial charge in [0.1, 0.15) is 0 Å². The normalized spacial score (nSPS) is 18.5. The molecule has 0 saturated carbocycles. The Balaban J connectivity index is 0.00000392. The second-order valence-electron chi connectivity index (χ2n) is 8.69. The Morgan fingerprint density at radius 3 is 2.64 bits per heavy atom. The van der Waals surface area contributed by atoms with Crippen molar-refractivity contribution in [2.75, 3.05) is 33.7 Å². The number of piperidine rings is 1. The van der Waals surface area contributed by atoms with Crippen LogP contribution in [-0.4, -0.2) is 65.3 Å². The van der Waals surface area contributed by atoms with E-state index in [1.165, 1.54) is 43.6 Å². The summed E-state index contributed by atoms with van der Waals surface area (Å²) in [6.45, 7) is 13.2. The lowest BCUT2D eigenvalue weighted by atomic mass is 10.0. The van der Waals surface area contributed by atoms with E-state index in [0.717, 1.165) is 19.0 Å². The molecule has 6 nitrogen and oxygen atoms in total. The molecule has 1 fully saturated rings. The van der Waals surface area contributed by atoms with E-state index in [1.807, 2.05) is 18.8 Å². The number of likely N-dealkylation sites (tertiary alicyclic amines) is 1. The first kappa shape index (κ1) is 25.2. The van der Waals surface area contributed by atoms with Crippen LogP contribution in [0.5, 0.6) is 0 Å². The Bertz CT molecular complexity index is 610. The van der Waals surface area contributed by atoms with Crippen LogP contribution in [0.4, 0.5) is 0 Å². The molecule has 0 radical (unpaired) electrons. The van der Waals surface area contributed by atoms with Crippen molar-refractivity contribution in [2.24, 2.45) is 18.0 Å². The summed E-state index contributed by atoms with van der Waals surface area (Å²) in [5, 5.41) is 8.25. The average molecular weight is 505 g/mol. The van der Waals surface area contributed by atoms with Crippen LogP contribution in [0, 0.1) is 5.92 Å². The number of nitrogens with zero attached hydrogens (tertiary/aromatic N) is 5. The molecule has 0 bridgehead atoms. The quantitative estimate of drug-likeness (QED) is 0.350. The largest absolute Gasteiger partial charge is 0.355 e. The van der Waals surface area contributed by atoms with E-state index in [1.54, 1.807) is 0 Å². The van der Waals surface area contributed by atoms with Gasteiger partial charge in [0.25, 0.3) is 0 Å². The van der Waals surface area contributed by atoms with Gasteiger partial charge in [-0.25, -0.2) is 0 Å². The fourth-order valence-electron chi connectivity index (χ4n) is 4.09. The maximum atomic E-state index is 4.63. The first-order valence-electron chi connectivity index (χ1n) is 10.5. The number of rotatable bonds is 7. The number of aliphatic imine (C=N–C) groups is 1. The zero-order chi connectivity index (χ0) is 20.0. The number of nitrogens with one attached hydrogen (secondary N) is 1. The predicted molar refractivity (Wildman–Crippen MR) is 130 cm³/mol. The second kappa shape index (κ2) is 12.0. The predicted octanol–water partition coefficient (Wildman–Crippen LogP) is 3.68. The highest BCUT2D eigenvalue weighted by molar-refractivity contribution is 14.0. The maximum Gasteiger partial charge on any atom is 0.193 e. The minimum Gasteiger partial charge on any atom is -0.355 e. The topological polar surface area (TPSA) is 48.7 Å². The number of hydrogen-bond acceptors (Lipinski definition) is 3. The average Bonchev–Trinajstić information content (AvgIpc) is 2.97. The van der Waals surface area contributed by atoms with Crippen LogP contribution in [-0.2, 0) is 13.6 Å². The molecule has 0 aromatic carbocycles. The fraction of sp³-hybridized carbons (Fsp3) is 0.810. The Hall–Kier alpha value is -0.830. The Morgan fingerprint density at radius 2 is 2.04 bits per heavy atom.